The number of benzene rings is 2. The lowest BCUT2D eigenvalue weighted by atomic mass is 9.71. The third-order valence-corrected chi connectivity index (χ3v) is 5.60. The average Bonchev–Trinajstić information content (AvgIpc) is 3.28. The molecule has 3 heterocycles. The molecule has 118 valence electrons. The van der Waals surface area contributed by atoms with Crippen LogP contribution in [0.3, 0.4) is 0 Å². The summed E-state index contributed by atoms with van der Waals surface area (Å²) in [6, 6.07) is 19.4. The van der Waals surface area contributed by atoms with E-state index in [0.717, 1.165) is 42.7 Å². The molecule has 2 aromatic carbocycles. The Morgan fingerprint density at radius 2 is 2.00 bits per heavy atom. The monoisotopic (exact) mass is 314 g/mol. The van der Waals surface area contributed by atoms with Gasteiger partial charge in [-0.25, -0.2) is 4.98 Å². The fraction of sp³-hybridized carbons (Fsp3) is 0.300. The Kier molecular flexibility index (Phi) is 2.75. The van der Waals surface area contributed by atoms with Crippen LogP contribution in [0.5, 0.6) is 0 Å². The first-order valence-corrected chi connectivity index (χ1v) is 8.53. The molecule has 0 bridgehead atoms. The number of rotatable bonds is 1. The second-order valence-corrected chi connectivity index (χ2v) is 6.84. The first kappa shape index (κ1) is 13.6. The smallest absolute Gasteiger partial charge is 0.139 e. The minimum absolute atomic E-state index is 0.193. The number of hydrogen-bond donors (Lipinski definition) is 1. The van der Waals surface area contributed by atoms with Gasteiger partial charge in [-0.3, -0.25) is 0 Å². The number of para-hydroxylation sites is 3. The van der Waals surface area contributed by atoms with E-state index in [9.17, 15) is 5.26 Å². The van der Waals surface area contributed by atoms with Gasteiger partial charge < -0.3 is 9.88 Å². The molecule has 1 fully saturated rings. The van der Waals surface area contributed by atoms with E-state index >= 15 is 0 Å². The van der Waals surface area contributed by atoms with Gasteiger partial charge in [0, 0.05) is 18.7 Å². The van der Waals surface area contributed by atoms with Crippen molar-refractivity contribution in [3.05, 3.63) is 59.9 Å². The van der Waals surface area contributed by atoms with Crippen LogP contribution in [0.2, 0.25) is 0 Å². The number of fused-ring (bicyclic) bond motifs is 4. The van der Waals surface area contributed by atoms with Gasteiger partial charge in [0.25, 0.3) is 0 Å². The van der Waals surface area contributed by atoms with E-state index in [-0.39, 0.29) is 6.04 Å². The zero-order valence-corrected chi connectivity index (χ0v) is 13.4. The number of aromatic nitrogens is 2. The van der Waals surface area contributed by atoms with Crippen LogP contribution in [0, 0.1) is 11.3 Å². The lowest BCUT2D eigenvalue weighted by molar-refractivity contribution is 0.393. The van der Waals surface area contributed by atoms with E-state index in [0.29, 0.717) is 0 Å². The SMILES string of the molecule is N#C[C@@]1(c2nc3ccccc3[nH]2)Cc2ccccc2N2CCC[C@@H]21. The van der Waals surface area contributed by atoms with Crippen LogP contribution in [0.4, 0.5) is 5.69 Å². The van der Waals surface area contributed by atoms with Gasteiger partial charge in [-0.05, 0) is 36.6 Å². The molecule has 1 saturated heterocycles. The number of imidazole rings is 1. The quantitative estimate of drug-likeness (QED) is 0.747. The van der Waals surface area contributed by atoms with E-state index < -0.39 is 5.41 Å². The van der Waals surface area contributed by atoms with Crippen molar-refractivity contribution in [2.24, 2.45) is 0 Å². The largest absolute Gasteiger partial charge is 0.366 e. The molecule has 4 nitrogen and oxygen atoms in total. The molecule has 24 heavy (non-hydrogen) atoms. The Balaban J connectivity index is 1.73. The number of nitriles is 1. The predicted molar refractivity (Wildman–Crippen MR) is 93.9 cm³/mol. The molecule has 0 unspecified atom stereocenters. The zero-order chi connectivity index (χ0) is 16.1. The summed E-state index contributed by atoms with van der Waals surface area (Å²) in [7, 11) is 0. The summed E-state index contributed by atoms with van der Waals surface area (Å²) < 4.78 is 0. The Morgan fingerprint density at radius 3 is 2.88 bits per heavy atom. The van der Waals surface area contributed by atoms with Crippen molar-refractivity contribution in [3.63, 3.8) is 0 Å². The summed E-state index contributed by atoms with van der Waals surface area (Å²) in [5, 5.41) is 10.3. The number of H-pyrrole nitrogens is 1. The Labute approximate surface area is 140 Å². The Morgan fingerprint density at radius 1 is 1.17 bits per heavy atom. The molecule has 1 aromatic heterocycles. The van der Waals surface area contributed by atoms with E-state index in [1.54, 1.807) is 0 Å². The molecule has 2 atom stereocenters. The van der Waals surface area contributed by atoms with Crippen LogP contribution in [0.15, 0.2) is 48.5 Å². The van der Waals surface area contributed by atoms with Crippen LogP contribution in [0.25, 0.3) is 11.0 Å². The van der Waals surface area contributed by atoms with Gasteiger partial charge in [-0.15, -0.1) is 0 Å². The molecular formula is C20H18N4. The minimum atomic E-state index is -0.607. The van der Waals surface area contributed by atoms with Crippen molar-refractivity contribution in [2.75, 3.05) is 11.4 Å². The number of nitrogens with one attached hydrogen (secondary N) is 1. The first-order valence-electron chi connectivity index (χ1n) is 8.53. The number of anilines is 1. The second-order valence-electron chi connectivity index (χ2n) is 6.84. The topological polar surface area (TPSA) is 55.7 Å². The minimum Gasteiger partial charge on any atom is -0.366 e. The molecule has 2 aliphatic heterocycles. The van der Waals surface area contributed by atoms with Crippen LogP contribution in [0.1, 0.15) is 24.2 Å². The van der Waals surface area contributed by atoms with Gasteiger partial charge in [-0.1, -0.05) is 30.3 Å². The van der Waals surface area contributed by atoms with E-state index in [4.69, 9.17) is 4.98 Å². The van der Waals surface area contributed by atoms with Gasteiger partial charge in [0.2, 0.25) is 0 Å². The van der Waals surface area contributed by atoms with Gasteiger partial charge in [0.15, 0.2) is 0 Å². The second kappa shape index (κ2) is 4.85. The van der Waals surface area contributed by atoms with Crippen molar-refractivity contribution in [1.82, 2.24) is 9.97 Å². The van der Waals surface area contributed by atoms with E-state index in [1.165, 1.54) is 11.3 Å². The molecule has 1 N–H and O–H groups in total. The molecule has 2 aliphatic rings. The highest BCUT2D eigenvalue weighted by Crippen LogP contribution is 2.46. The Hall–Kier alpha value is -2.80. The van der Waals surface area contributed by atoms with Gasteiger partial charge in [0.05, 0.1) is 23.1 Å². The number of aromatic amines is 1. The van der Waals surface area contributed by atoms with Crippen molar-refractivity contribution >= 4 is 16.7 Å². The summed E-state index contributed by atoms with van der Waals surface area (Å²) in [5.74, 6) is 0.817. The highest BCUT2D eigenvalue weighted by atomic mass is 15.2. The lowest BCUT2D eigenvalue weighted by Gasteiger charge is -2.43. The average molecular weight is 314 g/mol. The fourth-order valence-corrected chi connectivity index (χ4v) is 4.50. The molecule has 0 amide bonds. The van der Waals surface area contributed by atoms with Crippen LogP contribution in [-0.2, 0) is 11.8 Å². The molecular weight excluding hydrogens is 296 g/mol. The standard InChI is InChI=1S/C20H18N4/c21-13-20(19-22-15-7-2-3-8-16(15)23-19)12-14-6-1-4-9-17(14)24-11-5-10-18(20)24/h1-4,6-9,18H,5,10-12H2,(H,22,23)/t18-,20+/m1/s1. The van der Waals surface area contributed by atoms with Crippen LogP contribution < -0.4 is 4.90 Å². The molecule has 0 aliphatic carbocycles. The number of hydrogen-bond acceptors (Lipinski definition) is 3. The predicted octanol–water partition coefficient (Wildman–Crippen LogP) is 3.55. The fourth-order valence-electron chi connectivity index (χ4n) is 4.50. The van der Waals surface area contributed by atoms with Crippen molar-refractivity contribution in [3.8, 4) is 6.07 Å². The molecule has 0 spiro atoms. The third kappa shape index (κ3) is 1.70. The zero-order valence-electron chi connectivity index (χ0n) is 13.4. The molecule has 0 radical (unpaired) electrons. The third-order valence-electron chi connectivity index (χ3n) is 5.60. The molecule has 0 saturated carbocycles. The normalized spacial score (nSPS) is 25.3. The lowest BCUT2D eigenvalue weighted by Crippen LogP contribution is -2.52. The van der Waals surface area contributed by atoms with Gasteiger partial charge in [-0.2, -0.15) is 5.26 Å². The highest BCUT2D eigenvalue weighted by molar-refractivity contribution is 5.75. The maximum Gasteiger partial charge on any atom is 0.139 e. The summed E-state index contributed by atoms with van der Waals surface area (Å²) in [6.45, 7) is 1.02. The summed E-state index contributed by atoms with van der Waals surface area (Å²) >= 11 is 0. The van der Waals surface area contributed by atoms with E-state index in [1.807, 2.05) is 24.3 Å². The van der Waals surface area contributed by atoms with Gasteiger partial charge >= 0.3 is 0 Å². The highest BCUT2D eigenvalue weighted by Gasteiger charge is 2.51. The van der Waals surface area contributed by atoms with Crippen LogP contribution in [-0.4, -0.2) is 22.6 Å². The maximum absolute atomic E-state index is 10.3. The molecule has 5 rings (SSSR count). The summed E-state index contributed by atoms with van der Waals surface area (Å²) in [6.07, 6.45) is 2.89. The maximum atomic E-state index is 10.3. The molecule has 3 aromatic rings. The summed E-state index contributed by atoms with van der Waals surface area (Å²) in [4.78, 5) is 10.7. The van der Waals surface area contributed by atoms with Gasteiger partial charge in [0.1, 0.15) is 11.2 Å². The number of nitrogens with zero attached hydrogens (tertiary/aromatic N) is 3. The molecule has 4 heteroatoms. The van der Waals surface area contributed by atoms with Crippen molar-refractivity contribution in [2.45, 2.75) is 30.7 Å². The Bertz CT molecular complexity index is 934. The van der Waals surface area contributed by atoms with Crippen molar-refractivity contribution in [1.29, 1.82) is 5.26 Å². The van der Waals surface area contributed by atoms with Crippen LogP contribution >= 0.6 is 0 Å². The first-order chi connectivity index (χ1) is 11.8. The summed E-state index contributed by atoms with van der Waals surface area (Å²) in [5.41, 5.74) is 3.87. The van der Waals surface area contributed by atoms with E-state index in [2.05, 4.69) is 40.2 Å². The van der Waals surface area contributed by atoms with Crippen molar-refractivity contribution < 1.29 is 0 Å².